The highest BCUT2D eigenvalue weighted by atomic mass is 28.4. The van der Waals surface area contributed by atoms with Crippen molar-refractivity contribution in [3.8, 4) is 0 Å². The molecule has 1 atom stereocenters. The topological polar surface area (TPSA) is 35.5 Å². The van der Waals surface area contributed by atoms with E-state index in [0.29, 0.717) is 5.56 Å². The summed E-state index contributed by atoms with van der Waals surface area (Å²) in [5.41, 5.74) is 1.71. The molecule has 1 unspecified atom stereocenters. The number of methoxy groups -OCH3 is 1. The summed E-state index contributed by atoms with van der Waals surface area (Å²) < 4.78 is 11.0. The van der Waals surface area contributed by atoms with Crippen LogP contribution in [0.1, 0.15) is 49.0 Å². The van der Waals surface area contributed by atoms with Crippen LogP contribution in [0, 0.1) is 0 Å². The highest BCUT2D eigenvalue weighted by Gasteiger charge is 2.36. The van der Waals surface area contributed by atoms with Gasteiger partial charge in [0.1, 0.15) is 0 Å². The van der Waals surface area contributed by atoms with Crippen molar-refractivity contribution in [2.45, 2.75) is 51.2 Å². The third kappa shape index (κ3) is 5.32. The third-order valence-corrected chi connectivity index (χ3v) is 9.28. The quantitative estimate of drug-likeness (QED) is 0.393. The highest BCUT2D eigenvalue weighted by Crippen LogP contribution is 2.37. The zero-order valence-electron chi connectivity index (χ0n) is 15.3. The first-order chi connectivity index (χ1) is 10.6. The molecule has 0 amide bonds. The third-order valence-electron chi connectivity index (χ3n) is 4.74. The molecule has 0 aliphatic rings. The van der Waals surface area contributed by atoms with Crippen LogP contribution in [0.3, 0.4) is 0 Å². The molecular weight excluding hydrogens is 304 g/mol. The fourth-order valence-corrected chi connectivity index (χ4v) is 3.12. The van der Waals surface area contributed by atoms with Gasteiger partial charge < -0.3 is 9.16 Å². The van der Waals surface area contributed by atoms with E-state index in [2.05, 4.69) is 40.4 Å². The van der Waals surface area contributed by atoms with Crippen LogP contribution >= 0.6 is 0 Å². The first-order valence-electron chi connectivity index (χ1n) is 8.07. The minimum Gasteiger partial charge on any atom is -0.465 e. The fraction of sp³-hybridized carbons (Fsp3) is 0.526. The normalized spacial score (nSPS) is 13.5. The number of hydrogen-bond donors (Lipinski definition) is 0. The van der Waals surface area contributed by atoms with Crippen molar-refractivity contribution in [3.05, 3.63) is 48.0 Å². The first kappa shape index (κ1) is 19.7. The zero-order chi connectivity index (χ0) is 17.7. The van der Waals surface area contributed by atoms with Crippen molar-refractivity contribution in [1.29, 1.82) is 0 Å². The van der Waals surface area contributed by atoms with Crippen LogP contribution in [-0.4, -0.2) is 28.0 Å². The summed E-state index contributed by atoms with van der Waals surface area (Å²) in [6, 6.07) is 7.52. The SMILES string of the molecule is C=CC(CCO[Si](C)(C)C(C)(C)C)c1ccc(C(=O)OC)cc1. The first-order valence-corrected chi connectivity index (χ1v) is 11.0. The Kier molecular flexibility index (Phi) is 6.78. The summed E-state index contributed by atoms with van der Waals surface area (Å²) in [6.07, 6.45) is 2.84. The summed E-state index contributed by atoms with van der Waals surface area (Å²) in [6.45, 7) is 15.9. The largest absolute Gasteiger partial charge is 0.465 e. The van der Waals surface area contributed by atoms with Gasteiger partial charge in [0.05, 0.1) is 12.7 Å². The Morgan fingerprint density at radius 1 is 1.26 bits per heavy atom. The summed E-state index contributed by atoms with van der Waals surface area (Å²) in [5.74, 6) is -0.0839. The molecule has 1 aromatic rings. The molecule has 0 fully saturated rings. The molecule has 0 aromatic heterocycles. The predicted molar refractivity (Wildman–Crippen MR) is 98.5 cm³/mol. The van der Waals surface area contributed by atoms with E-state index in [-0.39, 0.29) is 16.9 Å². The van der Waals surface area contributed by atoms with Gasteiger partial charge in [-0.25, -0.2) is 4.79 Å². The van der Waals surface area contributed by atoms with Crippen molar-refractivity contribution in [2.75, 3.05) is 13.7 Å². The molecule has 1 rings (SSSR count). The summed E-state index contributed by atoms with van der Waals surface area (Å²) in [4.78, 5) is 11.5. The minimum absolute atomic E-state index is 0.221. The summed E-state index contributed by atoms with van der Waals surface area (Å²) in [7, 11) is -0.320. The van der Waals surface area contributed by atoms with Crippen LogP contribution in [0.2, 0.25) is 18.1 Å². The second-order valence-electron chi connectivity index (χ2n) is 7.35. The van der Waals surface area contributed by atoms with Gasteiger partial charge in [0.15, 0.2) is 8.32 Å². The number of carbonyl (C=O) groups is 1. The lowest BCUT2D eigenvalue weighted by Gasteiger charge is -2.36. The van der Waals surface area contributed by atoms with Gasteiger partial charge in [0.2, 0.25) is 0 Å². The lowest BCUT2D eigenvalue weighted by Crippen LogP contribution is -2.41. The van der Waals surface area contributed by atoms with Gasteiger partial charge in [0.25, 0.3) is 0 Å². The van der Waals surface area contributed by atoms with Gasteiger partial charge in [-0.1, -0.05) is 39.0 Å². The number of hydrogen-bond acceptors (Lipinski definition) is 3. The zero-order valence-corrected chi connectivity index (χ0v) is 16.3. The second-order valence-corrected chi connectivity index (χ2v) is 12.2. The molecule has 0 saturated carbocycles. The van der Waals surface area contributed by atoms with Crippen LogP contribution in [0.25, 0.3) is 0 Å². The maximum Gasteiger partial charge on any atom is 0.337 e. The number of benzene rings is 1. The maximum absolute atomic E-state index is 11.5. The van der Waals surface area contributed by atoms with Gasteiger partial charge in [-0.15, -0.1) is 6.58 Å². The Hall–Kier alpha value is -1.39. The Balaban J connectivity index is 2.68. The van der Waals surface area contributed by atoms with Crippen molar-refractivity contribution in [2.24, 2.45) is 0 Å². The van der Waals surface area contributed by atoms with Crippen molar-refractivity contribution >= 4 is 14.3 Å². The van der Waals surface area contributed by atoms with Crippen molar-refractivity contribution in [1.82, 2.24) is 0 Å². The van der Waals surface area contributed by atoms with E-state index in [1.165, 1.54) is 7.11 Å². The molecule has 128 valence electrons. The highest BCUT2D eigenvalue weighted by molar-refractivity contribution is 6.74. The van der Waals surface area contributed by atoms with E-state index >= 15 is 0 Å². The van der Waals surface area contributed by atoms with Crippen LogP contribution in [-0.2, 0) is 9.16 Å². The molecule has 0 spiro atoms. The predicted octanol–water partition coefficient (Wildman–Crippen LogP) is 5.15. The van der Waals surface area contributed by atoms with Gasteiger partial charge >= 0.3 is 5.97 Å². The Morgan fingerprint density at radius 2 is 1.83 bits per heavy atom. The van der Waals surface area contributed by atoms with Crippen LogP contribution < -0.4 is 0 Å². The molecule has 0 aliphatic heterocycles. The average Bonchev–Trinajstić information content (AvgIpc) is 2.50. The van der Waals surface area contributed by atoms with Gasteiger partial charge in [0, 0.05) is 12.5 Å². The van der Waals surface area contributed by atoms with E-state index < -0.39 is 8.32 Å². The molecule has 0 heterocycles. The van der Waals surface area contributed by atoms with E-state index in [1.807, 2.05) is 18.2 Å². The lowest BCUT2D eigenvalue weighted by atomic mass is 9.95. The van der Waals surface area contributed by atoms with Crippen LogP contribution in [0.15, 0.2) is 36.9 Å². The molecule has 0 bridgehead atoms. The molecule has 0 aliphatic carbocycles. The molecule has 0 N–H and O–H groups in total. The Labute approximate surface area is 141 Å². The maximum atomic E-state index is 11.5. The van der Waals surface area contributed by atoms with E-state index in [4.69, 9.17) is 9.16 Å². The monoisotopic (exact) mass is 334 g/mol. The van der Waals surface area contributed by atoms with Gasteiger partial charge in [-0.2, -0.15) is 0 Å². The summed E-state index contributed by atoms with van der Waals surface area (Å²) in [5, 5.41) is 0.221. The second kappa shape index (κ2) is 7.93. The Bertz CT molecular complexity index is 527. The van der Waals surface area contributed by atoms with E-state index in [9.17, 15) is 4.79 Å². The summed E-state index contributed by atoms with van der Waals surface area (Å²) >= 11 is 0. The Morgan fingerprint density at radius 3 is 2.26 bits per heavy atom. The molecule has 0 saturated heterocycles. The number of allylic oxidation sites excluding steroid dienone is 1. The van der Waals surface area contributed by atoms with Gasteiger partial charge in [-0.05, 0) is 42.2 Å². The molecule has 23 heavy (non-hydrogen) atoms. The fourth-order valence-electron chi connectivity index (χ4n) is 2.06. The number of carbonyl (C=O) groups excluding carboxylic acids is 1. The average molecular weight is 335 g/mol. The van der Waals surface area contributed by atoms with E-state index in [1.54, 1.807) is 12.1 Å². The van der Waals surface area contributed by atoms with Gasteiger partial charge in [-0.3, -0.25) is 0 Å². The molecule has 3 nitrogen and oxygen atoms in total. The molecule has 1 aromatic carbocycles. The van der Waals surface area contributed by atoms with Crippen LogP contribution in [0.4, 0.5) is 0 Å². The standard InChI is InChI=1S/C19H30O3Si/c1-8-15(13-14-22-23(6,7)19(2,3)4)16-9-11-17(12-10-16)18(20)21-5/h8-12,15H,1,13-14H2,2-7H3. The number of rotatable bonds is 7. The van der Waals surface area contributed by atoms with Crippen molar-refractivity contribution in [3.63, 3.8) is 0 Å². The lowest BCUT2D eigenvalue weighted by molar-refractivity contribution is 0.0600. The number of esters is 1. The van der Waals surface area contributed by atoms with Crippen molar-refractivity contribution < 1.29 is 14.0 Å². The molecule has 4 heteroatoms. The molecule has 0 radical (unpaired) electrons. The molecular formula is C19H30O3Si. The minimum atomic E-state index is -1.71. The van der Waals surface area contributed by atoms with E-state index in [0.717, 1.165) is 18.6 Å². The smallest absolute Gasteiger partial charge is 0.337 e. The van der Waals surface area contributed by atoms with Crippen LogP contribution in [0.5, 0.6) is 0 Å². The number of ether oxygens (including phenoxy) is 1.